The van der Waals surface area contributed by atoms with Gasteiger partial charge >= 0.3 is 0 Å². The minimum Gasteiger partial charge on any atom is -0.384 e. The Morgan fingerprint density at radius 1 is 1.10 bits per heavy atom. The van der Waals surface area contributed by atoms with Crippen LogP contribution in [-0.2, 0) is 12.8 Å². The third-order valence-electron chi connectivity index (χ3n) is 3.74. The summed E-state index contributed by atoms with van der Waals surface area (Å²) >= 11 is 0. The van der Waals surface area contributed by atoms with Crippen molar-refractivity contribution in [3.05, 3.63) is 53.9 Å². The van der Waals surface area contributed by atoms with Crippen LogP contribution < -0.4 is 10.6 Å². The quantitative estimate of drug-likeness (QED) is 0.871. The molecular weight excluding hydrogens is 246 g/mol. The van der Waals surface area contributed by atoms with Gasteiger partial charge in [0.05, 0.1) is 23.8 Å². The molecule has 0 saturated heterocycles. The van der Waals surface area contributed by atoms with Crippen molar-refractivity contribution < 1.29 is 0 Å². The molecule has 2 aromatic rings. The molecule has 1 heterocycles. The minimum atomic E-state index is 0.482. The van der Waals surface area contributed by atoms with E-state index in [0.717, 1.165) is 37.2 Å². The molecule has 2 N–H and O–H groups in total. The second kappa shape index (κ2) is 5.95. The van der Waals surface area contributed by atoms with E-state index < -0.39 is 0 Å². The van der Waals surface area contributed by atoms with Crippen molar-refractivity contribution in [1.82, 2.24) is 4.98 Å². The van der Waals surface area contributed by atoms with Gasteiger partial charge in [-0.15, -0.1) is 0 Å². The predicted octanol–water partition coefficient (Wildman–Crippen LogP) is 3.48. The van der Waals surface area contributed by atoms with Gasteiger partial charge in [-0.25, -0.2) is 0 Å². The number of rotatable bonds is 5. The highest BCUT2D eigenvalue weighted by atomic mass is 15.0. The first kappa shape index (κ1) is 13.0. The molecule has 3 nitrogen and oxygen atoms in total. The van der Waals surface area contributed by atoms with Crippen molar-refractivity contribution in [3.8, 4) is 0 Å². The lowest BCUT2D eigenvalue weighted by Gasteiger charge is -2.14. The summed E-state index contributed by atoms with van der Waals surface area (Å²) in [6.07, 6.45) is 7.10. The Balaban J connectivity index is 1.64. The van der Waals surface area contributed by atoms with Crippen LogP contribution in [0.4, 0.5) is 11.4 Å². The number of nitrogens with one attached hydrogen (secondary N) is 2. The highest BCUT2D eigenvalue weighted by molar-refractivity contribution is 5.55. The molecule has 0 spiro atoms. The number of aromatic nitrogens is 1. The highest BCUT2D eigenvalue weighted by Crippen LogP contribution is 2.24. The molecule has 0 radical (unpaired) electrons. The van der Waals surface area contributed by atoms with Crippen LogP contribution >= 0.6 is 0 Å². The van der Waals surface area contributed by atoms with Gasteiger partial charge in [0.1, 0.15) is 0 Å². The molecular formula is C17H21N3. The molecule has 0 fully saturated rings. The molecule has 0 amide bonds. The smallest absolute Gasteiger partial charge is 0.0549 e. The zero-order chi connectivity index (χ0) is 13.8. The molecule has 3 heteroatoms. The fourth-order valence-electron chi connectivity index (χ4n) is 2.78. The molecule has 1 aromatic carbocycles. The van der Waals surface area contributed by atoms with Gasteiger partial charge in [-0.05, 0) is 36.5 Å². The molecule has 1 aromatic heterocycles. The summed E-state index contributed by atoms with van der Waals surface area (Å²) in [4.78, 5) is 4.30. The summed E-state index contributed by atoms with van der Waals surface area (Å²) in [5, 5.41) is 6.98. The summed E-state index contributed by atoms with van der Waals surface area (Å²) in [5.74, 6) is 0. The largest absolute Gasteiger partial charge is 0.384 e. The molecule has 3 rings (SSSR count). The standard InChI is InChI=1S/C17H21N3/c1-2-7-19-16-10-17(12-18-11-16)20-15-8-13-5-3-4-6-14(13)9-15/h3-6,10-12,15,19-20H,2,7-9H2,1H3. The van der Waals surface area contributed by atoms with E-state index in [2.05, 4.69) is 52.9 Å². The monoisotopic (exact) mass is 267 g/mol. The lowest BCUT2D eigenvalue weighted by molar-refractivity contribution is 0.773. The van der Waals surface area contributed by atoms with Gasteiger partial charge < -0.3 is 10.6 Å². The van der Waals surface area contributed by atoms with Crippen LogP contribution in [0.1, 0.15) is 24.5 Å². The lowest BCUT2D eigenvalue weighted by atomic mass is 10.1. The van der Waals surface area contributed by atoms with Crippen molar-refractivity contribution in [2.75, 3.05) is 17.2 Å². The number of pyridine rings is 1. The van der Waals surface area contributed by atoms with Crippen molar-refractivity contribution in [2.24, 2.45) is 0 Å². The van der Waals surface area contributed by atoms with E-state index in [1.807, 2.05) is 12.4 Å². The molecule has 0 saturated carbocycles. The first-order valence-electron chi connectivity index (χ1n) is 7.37. The van der Waals surface area contributed by atoms with Gasteiger partial charge in [-0.2, -0.15) is 0 Å². The van der Waals surface area contributed by atoms with Crippen LogP contribution in [0, 0.1) is 0 Å². The maximum Gasteiger partial charge on any atom is 0.0549 e. The zero-order valence-corrected chi connectivity index (χ0v) is 11.9. The van der Waals surface area contributed by atoms with Crippen LogP contribution in [0.3, 0.4) is 0 Å². The average Bonchev–Trinajstić information content (AvgIpc) is 2.87. The van der Waals surface area contributed by atoms with Crippen LogP contribution in [-0.4, -0.2) is 17.6 Å². The Morgan fingerprint density at radius 3 is 2.50 bits per heavy atom. The Hall–Kier alpha value is -2.03. The topological polar surface area (TPSA) is 37.0 Å². The van der Waals surface area contributed by atoms with Crippen LogP contribution in [0.5, 0.6) is 0 Å². The SMILES string of the molecule is CCCNc1cncc(NC2Cc3ccccc3C2)c1. The number of fused-ring (bicyclic) bond motifs is 1. The third kappa shape index (κ3) is 2.93. The molecule has 1 aliphatic carbocycles. The van der Waals surface area contributed by atoms with Crippen LogP contribution in [0.15, 0.2) is 42.7 Å². The Labute approximate surface area is 120 Å². The average molecular weight is 267 g/mol. The van der Waals surface area contributed by atoms with Gasteiger partial charge in [0.25, 0.3) is 0 Å². The summed E-state index contributed by atoms with van der Waals surface area (Å²) in [5.41, 5.74) is 5.13. The molecule has 0 unspecified atom stereocenters. The Morgan fingerprint density at radius 2 is 1.80 bits per heavy atom. The van der Waals surface area contributed by atoms with E-state index in [1.165, 1.54) is 11.1 Å². The van der Waals surface area contributed by atoms with Gasteiger partial charge in [-0.3, -0.25) is 4.98 Å². The summed E-state index contributed by atoms with van der Waals surface area (Å²) < 4.78 is 0. The molecule has 1 aliphatic rings. The Kier molecular flexibility index (Phi) is 3.86. The lowest BCUT2D eigenvalue weighted by Crippen LogP contribution is -2.19. The molecule has 0 aliphatic heterocycles. The van der Waals surface area contributed by atoms with E-state index in [1.54, 1.807) is 0 Å². The predicted molar refractivity (Wildman–Crippen MR) is 84.3 cm³/mol. The highest BCUT2D eigenvalue weighted by Gasteiger charge is 2.20. The molecule has 20 heavy (non-hydrogen) atoms. The second-order valence-electron chi connectivity index (χ2n) is 5.41. The number of hydrogen-bond donors (Lipinski definition) is 2. The summed E-state index contributed by atoms with van der Waals surface area (Å²) in [7, 11) is 0. The van der Waals surface area contributed by atoms with E-state index in [9.17, 15) is 0 Å². The third-order valence-corrected chi connectivity index (χ3v) is 3.74. The molecule has 0 atom stereocenters. The van der Waals surface area contributed by atoms with E-state index >= 15 is 0 Å². The first-order valence-corrected chi connectivity index (χ1v) is 7.37. The van der Waals surface area contributed by atoms with E-state index in [4.69, 9.17) is 0 Å². The van der Waals surface area contributed by atoms with E-state index in [0.29, 0.717) is 6.04 Å². The zero-order valence-electron chi connectivity index (χ0n) is 11.9. The van der Waals surface area contributed by atoms with E-state index in [-0.39, 0.29) is 0 Å². The number of hydrogen-bond acceptors (Lipinski definition) is 3. The van der Waals surface area contributed by atoms with Crippen molar-refractivity contribution in [3.63, 3.8) is 0 Å². The number of nitrogens with zero attached hydrogens (tertiary/aromatic N) is 1. The van der Waals surface area contributed by atoms with Crippen LogP contribution in [0.25, 0.3) is 0 Å². The number of benzene rings is 1. The molecule has 0 bridgehead atoms. The number of anilines is 2. The van der Waals surface area contributed by atoms with Crippen molar-refractivity contribution >= 4 is 11.4 Å². The van der Waals surface area contributed by atoms with Crippen LogP contribution in [0.2, 0.25) is 0 Å². The van der Waals surface area contributed by atoms with Gasteiger partial charge in [0, 0.05) is 12.6 Å². The fraction of sp³-hybridized carbons (Fsp3) is 0.353. The van der Waals surface area contributed by atoms with Crippen molar-refractivity contribution in [1.29, 1.82) is 0 Å². The summed E-state index contributed by atoms with van der Waals surface area (Å²) in [6.45, 7) is 3.15. The molecule has 104 valence electrons. The first-order chi connectivity index (χ1) is 9.85. The maximum absolute atomic E-state index is 4.30. The fourth-order valence-corrected chi connectivity index (χ4v) is 2.78. The normalized spacial score (nSPS) is 14.1. The Bertz CT molecular complexity index is 555. The van der Waals surface area contributed by atoms with Gasteiger partial charge in [-0.1, -0.05) is 31.2 Å². The maximum atomic E-state index is 4.30. The summed E-state index contributed by atoms with van der Waals surface area (Å²) in [6, 6.07) is 11.3. The second-order valence-corrected chi connectivity index (χ2v) is 5.41. The minimum absolute atomic E-state index is 0.482. The van der Waals surface area contributed by atoms with Gasteiger partial charge in [0.2, 0.25) is 0 Å². The van der Waals surface area contributed by atoms with Crippen molar-refractivity contribution in [2.45, 2.75) is 32.2 Å². The van der Waals surface area contributed by atoms with Gasteiger partial charge in [0.15, 0.2) is 0 Å².